The molecule has 0 N–H and O–H groups in total. The van der Waals surface area contributed by atoms with Crippen molar-refractivity contribution >= 4 is 21.9 Å². The number of aromatic nitrogens is 2. The second-order valence-corrected chi connectivity index (χ2v) is 4.00. The maximum absolute atomic E-state index is 5.48. The number of rotatable bonds is 1. The molecule has 0 aliphatic heterocycles. The van der Waals surface area contributed by atoms with Crippen LogP contribution < -0.4 is 0 Å². The molecule has 0 aliphatic carbocycles. The van der Waals surface area contributed by atoms with E-state index in [4.69, 9.17) is 8.83 Å². The van der Waals surface area contributed by atoms with Crippen molar-refractivity contribution in [2.45, 2.75) is 0 Å². The van der Waals surface area contributed by atoms with E-state index in [1.54, 1.807) is 24.9 Å². The molecule has 4 aromatic rings. The quantitative estimate of drug-likeness (QED) is 0.506. The van der Waals surface area contributed by atoms with Gasteiger partial charge in [0, 0.05) is 23.2 Å². The number of hydrogen-bond acceptors (Lipinski definition) is 4. The molecular formula is C14H8N2O2. The van der Waals surface area contributed by atoms with Crippen LogP contribution >= 0.6 is 0 Å². The van der Waals surface area contributed by atoms with Crippen LogP contribution in [0.15, 0.2) is 58.0 Å². The molecule has 0 aliphatic rings. The first-order valence-corrected chi connectivity index (χ1v) is 5.58. The Balaban J connectivity index is 2.13. The fraction of sp³-hybridized carbons (Fsp3) is 0. The Morgan fingerprint density at radius 1 is 0.667 bits per heavy atom. The van der Waals surface area contributed by atoms with Gasteiger partial charge in [0.05, 0.1) is 12.5 Å². The minimum atomic E-state index is 0.707. The Labute approximate surface area is 102 Å². The van der Waals surface area contributed by atoms with Gasteiger partial charge < -0.3 is 8.83 Å². The van der Waals surface area contributed by atoms with Crippen LogP contribution in [0.4, 0.5) is 0 Å². The van der Waals surface area contributed by atoms with Crippen LogP contribution in [0.1, 0.15) is 0 Å². The highest BCUT2D eigenvalue weighted by molar-refractivity contribution is 5.97. The highest BCUT2D eigenvalue weighted by Crippen LogP contribution is 2.31. The van der Waals surface area contributed by atoms with E-state index in [-0.39, 0.29) is 0 Å². The van der Waals surface area contributed by atoms with Crippen molar-refractivity contribution in [3.63, 3.8) is 0 Å². The van der Waals surface area contributed by atoms with Crippen LogP contribution in [0.2, 0.25) is 0 Å². The van der Waals surface area contributed by atoms with Crippen LogP contribution in [-0.2, 0) is 0 Å². The van der Waals surface area contributed by atoms with Gasteiger partial charge >= 0.3 is 0 Å². The summed E-state index contributed by atoms with van der Waals surface area (Å²) >= 11 is 0. The van der Waals surface area contributed by atoms with Gasteiger partial charge in [-0.1, -0.05) is 0 Å². The van der Waals surface area contributed by atoms with Crippen molar-refractivity contribution in [2.24, 2.45) is 0 Å². The predicted octanol–water partition coefficient (Wildman–Crippen LogP) is 3.64. The lowest BCUT2D eigenvalue weighted by Gasteiger charge is -2.01. The third-order valence-corrected chi connectivity index (χ3v) is 2.96. The van der Waals surface area contributed by atoms with E-state index in [2.05, 4.69) is 9.97 Å². The average Bonchev–Trinajstić information content (AvgIpc) is 3.06. The highest BCUT2D eigenvalue weighted by Gasteiger charge is 2.14. The Morgan fingerprint density at radius 2 is 1.17 bits per heavy atom. The molecule has 86 valence electrons. The molecule has 0 saturated carbocycles. The number of fused-ring (bicyclic) bond motifs is 2. The van der Waals surface area contributed by atoms with Gasteiger partial charge in [0.1, 0.15) is 11.4 Å². The minimum absolute atomic E-state index is 0.707. The molecule has 4 heteroatoms. The summed E-state index contributed by atoms with van der Waals surface area (Å²) < 4.78 is 11.0. The lowest BCUT2D eigenvalue weighted by Crippen LogP contribution is -1.87. The first kappa shape index (κ1) is 9.41. The van der Waals surface area contributed by atoms with Crippen molar-refractivity contribution in [1.29, 1.82) is 0 Å². The molecule has 0 spiro atoms. The molecule has 0 saturated heterocycles. The van der Waals surface area contributed by atoms with E-state index >= 15 is 0 Å². The predicted molar refractivity (Wildman–Crippen MR) is 67.0 cm³/mol. The zero-order chi connectivity index (χ0) is 11.9. The fourth-order valence-electron chi connectivity index (χ4n) is 2.12. The summed E-state index contributed by atoms with van der Waals surface area (Å²) in [6, 6.07) is 7.63. The van der Waals surface area contributed by atoms with E-state index in [1.165, 1.54) is 0 Å². The largest absolute Gasteiger partial charge is 0.462 e. The minimum Gasteiger partial charge on any atom is -0.462 e. The summed E-state index contributed by atoms with van der Waals surface area (Å²) in [5.74, 6) is 0. The zero-order valence-electron chi connectivity index (χ0n) is 9.33. The summed E-state index contributed by atoms with van der Waals surface area (Å²) in [4.78, 5) is 8.73. The van der Waals surface area contributed by atoms with Gasteiger partial charge in [-0.15, -0.1) is 0 Å². The standard InChI is InChI=1S/C14H8N2O2/c1-5-15-11(13-9(1)3-7-17-13)12-14-10(2-6-16-12)4-8-18-14/h1-8H. The maximum Gasteiger partial charge on any atom is 0.161 e. The van der Waals surface area contributed by atoms with Gasteiger partial charge in [-0.2, -0.15) is 0 Å². The van der Waals surface area contributed by atoms with Crippen LogP contribution in [0.3, 0.4) is 0 Å². The normalized spacial score (nSPS) is 11.3. The molecule has 4 rings (SSSR count). The van der Waals surface area contributed by atoms with E-state index < -0.39 is 0 Å². The van der Waals surface area contributed by atoms with Crippen molar-refractivity contribution in [3.8, 4) is 11.4 Å². The van der Waals surface area contributed by atoms with Crippen LogP contribution in [-0.4, -0.2) is 9.97 Å². The van der Waals surface area contributed by atoms with Crippen LogP contribution in [0.25, 0.3) is 33.3 Å². The molecule has 4 heterocycles. The second-order valence-electron chi connectivity index (χ2n) is 4.00. The van der Waals surface area contributed by atoms with Gasteiger partial charge in [-0.05, 0) is 24.3 Å². The van der Waals surface area contributed by atoms with Crippen molar-refractivity contribution in [3.05, 3.63) is 49.2 Å². The van der Waals surface area contributed by atoms with Gasteiger partial charge in [0.2, 0.25) is 0 Å². The van der Waals surface area contributed by atoms with E-state index in [9.17, 15) is 0 Å². The Morgan fingerprint density at radius 3 is 1.67 bits per heavy atom. The summed E-state index contributed by atoms with van der Waals surface area (Å²) in [6.45, 7) is 0. The second kappa shape index (κ2) is 3.43. The molecule has 0 atom stereocenters. The maximum atomic E-state index is 5.48. The van der Waals surface area contributed by atoms with E-state index in [1.807, 2.05) is 24.3 Å². The van der Waals surface area contributed by atoms with Crippen molar-refractivity contribution in [2.75, 3.05) is 0 Å². The molecule has 4 nitrogen and oxygen atoms in total. The first-order chi connectivity index (χ1) is 8.93. The summed E-state index contributed by atoms with van der Waals surface area (Å²) in [5.41, 5.74) is 2.87. The Hall–Kier alpha value is -2.62. The fourth-order valence-corrected chi connectivity index (χ4v) is 2.12. The SMILES string of the molecule is c1cc2ccoc2c(-c2nccc3ccoc23)n1. The lowest BCUT2D eigenvalue weighted by molar-refractivity contribution is 0.610. The average molecular weight is 236 g/mol. The van der Waals surface area contributed by atoms with Gasteiger partial charge in [0.25, 0.3) is 0 Å². The lowest BCUT2D eigenvalue weighted by atomic mass is 10.1. The number of furan rings is 2. The van der Waals surface area contributed by atoms with Crippen molar-refractivity contribution in [1.82, 2.24) is 9.97 Å². The molecule has 0 aromatic carbocycles. The highest BCUT2D eigenvalue weighted by atomic mass is 16.3. The smallest absolute Gasteiger partial charge is 0.161 e. The Bertz CT molecular complexity index is 773. The molecule has 0 fully saturated rings. The summed E-state index contributed by atoms with van der Waals surface area (Å²) in [6.07, 6.45) is 6.80. The van der Waals surface area contributed by atoms with Gasteiger partial charge in [-0.25, -0.2) is 0 Å². The topological polar surface area (TPSA) is 52.1 Å². The van der Waals surface area contributed by atoms with E-state index in [0.29, 0.717) is 11.4 Å². The zero-order valence-corrected chi connectivity index (χ0v) is 9.33. The van der Waals surface area contributed by atoms with Crippen LogP contribution in [0.5, 0.6) is 0 Å². The molecule has 4 aromatic heterocycles. The third kappa shape index (κ3) is 1.20. The molecule has 18 heavy (non-hydrogen) atoms. The van der Waals surface area contributed by atoms with Gasteiger partial charge in [0.15, 0.2) is 11.2 Å². The summed E-state index contributed by atoms with van der Waals surface area (Å²) in [7, 11) is 0. The number of hydrogen-bond donors (Lipinski definition) is 0. The molecular weight excluding hydrogens is 228 g/mol. The van der Waals surface area contributed by atoms with E-state index in [0.717, 1.165) is 21.9 Å². The van der Waals surface area contributed by atoms with Crippen LogP contribution in [0, 0.1) is 0 Å². The Kier molecular flexibility index (Phi) is 1.80. The number of pyridine rings is 2. The van der Waals surface area contributed by atoms with Crippen molar-refractivity contribution < 1.29 is 8.83 Å². The summed E-state index contributed by atoms with van der Waals surface area (Å²) in [5, 5.41) is 2.01. The molecule has 0 unspecified atom stereocenters. The molecule has 0 bridgehead atoms. The monoisotopic (exact) mass is 236 g/mol. The molecule has 0 radical (unpaired) electrons. The van der Waals surface area contributed by atoms with Gasteiger partial charge in [-0.3, -0.25) is 9.97 Å². The molecule has 0 amide bonds. The number of nitrogens with zero attached hydrogens (tertiary/aromatic N) is 2. The third-order valence-electron chi connectivity index (χ3n) is 2.96. The first-order valence-electron chi connectivity index (χ1n) is 5.58.